The number of hydrogen-bond donors (Lipinski definition) is 6. The zero-order valence-corrected chi connectivity index (χ0v) is 13.2. The molecular formula is C11H29BClNO5. The van der Waals surface area contributed by atoms with Crippen LogP contribution in [0.4, 0.5) is 0 Å². The summed E-state index contributed by atoms with van der Waals surface area (Å²) in [5.41, 5.74) is 3.65. The molecular weight excluding hydrogens is 272 g/mol. The van der Waals surface area contributed by atoms with Crippen molar-refractivity contribution in [3.63, 3.8) is 0 Å². The SMILES string of the molecule is CC(C)CC(N)CC(C)(O)C(C)(C)O.Cl.OB(O)O. The van der Waals surface area contributed by atoms with E-state index in [1.807, 2.05) is 0 Å². The molecule has 0 aliphatic carbocycles. The quantitative estimate of drug-likeness (QED) is 0.385. The molecule has 0 spiro atoms. The van der Waals surface area contributed by atoms with Crippen LogP contribution in [-0.2, 0) is 0 Å². The van der Waals surface area contributed by atoms with Crippen molar-refractivity contribution in [1.29, 1.82) is 0 Å². The highest BCUT2D eigenvalue weighted by atomic mass is 35.5. The summed E-state index contributed by atoms with van der Waals surface area (Å²) in [6.07, 6.45) is 1.29. The van der Waals surface area contributed by atoms with Crippen LogP contribution in [0.5, 0.6) is 0 Å². The molecule has 19 heavy (non-hydrogen) atoms. The minimum atomic E-state index is -2.17. The molecule has 2 atom stereocenters. The number of rotatable bonds is 5. The van der Waals surface area contributed by atoms with Crippen LogP contribution in [0.25, 0.3) is 0 Å². The van der Waals surface area contributed by atoms with Gasteiger partial charge in [0.15, 0.2) is 0 Å². The van der Waals surface area contributed by atoms with Gasteiger partial charge in [0.2, 0.25) is 0 Å². The summed E-state index contributed by atoms with van der Waals surface area (Å²) in [5.74, 6) is 0.516. The Balaban J connectivity index is -0.000000448. The van der Waals surface area contributed by atoms with Crippen LogP contribution in [0.3, 0.4) is 0 Å². The second-order valence-electron chi connectivity index (χ2n) is 5.77. The molecule has 0 aromatic heterocycles. The smallest absolute Gasteiger partial charge is 0.402 e. The Morgan fingerprint density at radius 1 is 1.05 bits per heavy atom. The Morgan fingerprint density at radius 2 is 1.37 bits per heavy atom. The van der Waals surface area contributed by atoms with Gasteiger partial charge in [0, 0.05) is 6.04 Å². The number of halogens is 1. The Bertz CT molecular complexity index is 219. The fourth-order valence-corrected chi connectivity index (χ4v) is 1.45. The molecule has 0 aromatic rings. The molecule has 0 aliphatic heterocycles. The highest BCUT2D eigenvalue weighted by Crippen LogP contribution is 2.27. The zero-order valence-electron chi connectivity index (χ0n) is 12.4. The highest BCUT2D eigenvalue weighted by molar-refractivity contribution is 6.30. The van der Waals surface area contributed by atoms with Crippen molar-refractivity contribution in [3.05, 3.63) is 0 Å². The van der Waals surface area contributed by atoms with Crippen LogP contribution in [0, 0.1) is 5.92 Å². The predicted octanol–water partition coefficient (Wildman–Crippen LogP) is -0.358. The van der Waals surface area contributed by atoms with Crippen LogP contribution in [0.15, 0.2) is 0 Å². The Kier molecular flexibility index (Phi) is 12.6. The monoisotopic (exact) mass is 301 g/mol. The summed E-state index contributed by atoms with van der Waals surface area (Å²) in [6, 6.07) is -0.0589. The topological polar surface area (TPSA) is 127 Å². The van der Waals surface area contributed by atoms with Gasteiger partial charge in [-0.2, -0.15) is 0 Å². The summed E-state index contributed by atoms with van der Waals surface area (Å²) in [4.78, 5) is 0. The average molecular weight is 302 g/mol. The molecule has 0 rings (SSSR count). The van der Waals surface area contributed by atoms with Gasteiger partial charge in [-0.3, -0.25) is 0 Å². The molecule has 2 unspecified atom stereocenters. The first kappa shape index (κ1) is 24.2. The largest absolute Gasteiger partial charge is 0.631 e. The number of aliphatic hydroxyl groups is 2. The maximum absolute atomic E-state index is 10.0. The molecule has 0 aromatic carbocycles. The third-order valence-corrected chi connectivity index (χ3v) is 2.75. The molecule has 0 radical (unpaired) electrons. The van der Waals surface area contributed by atoms with Crippen LogP contribution in [0.1, 0.15) is 47.5 Å². The third-order valence-electron chi connectivity index (χ3n) is 2.75. The first-order valence-corrected chi connectivity index (χ1v) is 6.04. The van der Waals surface area contributed by atoms with Crippen LogP contribution in [0.2, 0.25) is 0 Å². The molecule has 0 saturated carbocycles. The zero-order chi connectivity index (χ0) is 15.1. The fourth-order valence-electron chi connectivity index (χ4n) is 1.45. The van der Waals surface area contributed by atoms with E-state index in [1.165, 1.54) is 0 Å². The normalized spacial score (nSPS) is 15.8. The lowest BCUT2D eigenvalue weighted by Crippen LogP contribution is -2.51. The van der Waals surface area contributed by atoms with Crippen LogP contribution >= 0.6 is 12.4 Å². The summed E-state index contributed by atoms with van der Waals surface area (Å²) < 4.78 is 0. The molecule has 0 saturated heterocycles. The molecule has 0 heterocycles. The molecule has 7 N–H and O–H groups in total. The van der Waals surface area contributed by atoms with E-state index in [-0.39, 0.29) is 18.4 Å². The van der Waals surface area contributed by atoms with E-state index in [2.05, 4.69) is 13.8 Å². The maximum atomic E-state index is 10.0. The number of hydrogen-bond acceptors (Lipinski definition) is 6. The first-order chi connectivity index (χ1) is 7.79. The van der Waals surface area contributed by atoms with Crippen molar-refractivity contribution < 1.29 is 25.3 Å². The van der Waals surface area contributed by atoms with E-state index in [0.29, 0.717) is 12.3 Å². The van der Waals surface area contributed by atoms with Crippen molar-refractivity contribution in [3.8, 4) is 0 Å². The van der Waals surface area contributed by atoms with Gasteiger partial charge >= 0.3 is 7.32 Å². The van der Waals surface area contributed by atoms with Gasteiger partial charge in [-0.25, -0.2) is 0 Å². The summed E-state index contributed by atoms with van der Waals surface area (Å²) in [7, 11) is -2.17. The Hall–Kier alpha value is 0.115. The second-order valence-corrected chi connectivity index (χ2v) is 5.77. The van der Waals surface area contributed by atoms with Crippen molar-refractivity contribution in [2.75, 3.05) is 0 Å². The molecule has 0 amide bonds. The van der Waals surface area contributed by atoms with E-state index in [0.717, 1.165) is 6.42 Å². The lowest BCUT2D eigenvalue weighted by atomic mass is 9.81. The fraction of sp³-hybridized carbons (Fsp3) is 1.00. The van der Waals surface area contributed by atoms with Gasteiger partial charge in [-0.15, -0.1) is 12.4 Å². The summed E-state index contributed by atoms with van der Waals surface area (Å²) in [6.45, 7) is 9.04. The van der Waals surface area contributed by atoms with E-state index in [9.17, 15) is 10.2 Å². The van der Waals surface area contributed by atoms with Crippen molar-refractivity contribution in [1.82, 2.24) is 0 Å². The summed E-state index contributed by atoms with van der Waals surface area (Å²) >= 11 is 0. The van der Waals surface area contributed by atoms with Gasteiger partial charge in [0.05, 0.1) is 11.2 Å². The molecule has 0 aliphatic rings. The van der Waals surface area contributed by atoms with Crippen LogP contribution in [-0.4, -0.2) is 49.9 Å². The number of nitrogens with two attached hydrogens (primary N) is 1. The van der Waals surface area contributed by atoms with Crippen molar-refractivity contribution in [2.24, 2.45) is 11.7 Å². The highest BCUT2D eigenvalue weighted by Gasteiger charge is 2.38. The Morgan fingerprint density at radius 3 is 1.58 bits per heavy atom. The predicted molar refractivity (Wildman–Crippen MR) is 78.6 cm³/mol. The van der Waals surface area contributed by atoms with E-state index in [4.69, 9.17) is 20.8 Å². The van der Waals surface area contributed by atoms with Crippen molar-refractivity contribution >= 4 is 19.7 Å². The van der Waals surface area contributed by atoms with Gasteiger partial charge < -0.3 is 31.0 Å². The molecule has 6 nitrogen and oxygen atoms in total. The molecule has 118 valence electrons. The lowest BCUT2D eigenvalue weighted by Gasteiger charge is -2.37. The molecule has 8 heteroatoms. The van der Waals surface area contributed by atoms with Gasteiger partial charge in [-0.1, -0.05) is 13.8 Å². The maximum Gasteiger partial charge on any atom is 0.631 e. The van der Waals surface area contributed by atoms with Gasteiger partial charge in [-0.05, 0) is 39.5 Å². The van der Waals surface area contributed by atoms with Crippen molar-refractivity contribution in [2.45, 2.75) is 64.7 Å². The molecule has 0 bridgehead atoms. The van der Waals surface area contributed by atoms with E-state index < -0.39 is 18.5 Å². The van der Waals surface area contributed by atoms with E-state index in [1.54, 1.807) is 20.8 Å². The standard InChI is InChI=1S/C11H25NO2.BH3O3.ClH/c1-8(2)6-9(12)7-11(5,14)10(3,4)13;2-1(3)4;/h8-9,13-14H,6-7,12H2,1-5H3;2-4H;1H. The Labute approximate surface area is 122 Å². The van der Waals surface area contributed by atoms with Crippen LogP contribution < -0.4 is 5.73 Å². The molecule has 0 fully saturated rings. The minimum absolute atomic E-state index is 0. The average Bonchev–Trinajstić information content (AvgIpc) is 1.95. The summed E-state index contributed by atoms with van der Waals surface area (Å²) in [5, 5.41) is 41.2. The van der Waals surface area contributed by atoms with Gasteiger partial charge in [0.1, 0.15) is 0 Å². The minimum Gasteiger partial charge on any atom is -0.402 e. The van der Waals surface area contributed by atoms with E-state index >= 15 is 0 Å². The second kappa shape index (κ2) is 9.93. The third kappa shape index (κ3) is 14.3. The van der Waals surface area contributed by atoms with Gasteiger partial charge in [0.25, 0.3) is 0 Å². The first-order valence-electron chi connectivity index (χ1n) is 6.04. The lowest BCUT2D eigenvalue weighted by molar-refractivity contribution is -0.126.